The first-order chi connectivity index (χ1) is 12.4. The molecule has 1 fully saturated rings. The summed E-state index contributed by atoms with van der Waals surface area (Å²) in [5.41, 5.74) is 1.75. The number of aliphatic hydroxyl groups excluding tert-OH is 1. The monoisotopic (exact) mass is 390 g/mol. The van der Waals surface area contributed by atoms with Crippen molar-refractivity contribution in [1.29, 1.82) is 0 Å². The number of thioether (sulfide) groups is 1. The van der Waals surface area contributed by atoms with E-state index in [0.29, 0.717) is 5.75 Å². The van der Waals surface area contributed by atoms with Gasteiger partial charge in [0, 0.05) is 11.7 Å². The summed E-state index contributed by atoms with van der Waals surface area (Å²) in [6, 6.07) is 7.60. The van der Waals surface area contributed by atoms with Gasteiger partial charge in [-0.25, -0.2) is 9.78 Å². The summed E-state index contributed by atoms with van der Waals surface area (Å²) in [5, 5.41) is 19.5. The Balaban J connectivity index is 1.60. The van der Waals surface area contributed by atoms with Gasteiger partial charge in [-0.05, 0) is 24.6 Å². The third-order valence-electron chi connectivity index (χ3n) is 5.14. The van der Waals surface area contributed by atoms with Gasteiger partial charge < -0.3 is 15.1 Å². The van der Waals surface area contributed by atoms with Crippen LogP contribution < -0.4 is 0 Å². The normalized spacial score (nSPS) is 26.2. The Morgan fingerprint density at radius 2 is 2.15 bits per heavy atom. The Labute approximate surface area is 158 Å². The number of para-hydroxylation sites is 1. The second kappa shape index (κ2) is 6.37. The lowest BCUT2D eigenvalue weighted by Gasteiger charge is -2.46. The predicted octanol–water partition coefficient (Wildman–Crippen LogP) is 2.58. The molecule has 4 atom stereocenters. The first kappa shape index (κ1) is 17.5. The number of carboxylic acid groups (broad SMARTS) is 1. The topological polar surface area (TPSA) is 90.7 Å². The first-order valence-electron chi connectivity index (χ1n) is 8.36. The number of carboxylic acids is 1. The number of hydrogen-bond acceptors (Lipinski definition) is 6. The molecule has 6 nitrogen and oxygen atoms in total. The molecule has 136 valence electrons. The molecule has 3 heterocycles. The molecule has 0 unspecified atom stereocenters. The molecule has 1 aromatic heterocycles. The molecule has 2 aliphatic rings. The molecule has 1 aromatic carbocycles. The zero-order chi connectivity index (χ0) is 18.6. The van der Waals surface area contributed by atoms with Crippen LogP contribution in [0.25, 0.3) is 10.2 Å². The number of carbonyl (C=O) groups is 2. The van der Waals surface area contributed by atoms with Crippen LogP contribution in [0, 0.1) is 11.8 Å². The van der Waals surface area contributed by atoms with Crippen molar-refractivity contribution < 1.29 is 19.8 Å². The molecule has 26 heavy (non-hydrogen) atoms. The second-order valence-corrected chi connectivity index (χ2v) is 8.92. The minimum Gasteiger partial charge on any atom is -0.477 e. The van der Waals surface area contributed by atoms with Gasteiger partial charge in [-0.1, -0.05) is 30.8 Å². The number of nitrogens with zero attached hydrogens (tertiary/aromatic N) is 2. The van der Waals surface area contributed by atoms with Gasteiger partial charge in [-0.2, -0.15) is 0 Å². The Hall–Kier alpha value is -1.90. The lowest BCUT2D eigenvalue weighted by molar-refractivity contribution is -0.163. The van der Waals surface area contributed by atoms with Crippen molar-refractivity contribution in [3.05, 3.63) is 35.5 Å². The molecule has 2 aromatic rings. The fourth-order valence-corrected chi connectivity index (χ4v) is 6.11. The summed E-state index contributed by atoms with van der Waals surface area (Å²) < 4.78 is 1.97. The average Bonchev–Trinajstić information content (AvgIpc) is 3.09. The summed E-state index contributed by atoms with van der Waals surface area (Å²) in [6.45, 7) is 3.52. The van der Waals surface area contributed by atoms with E-state index >= 15 is 0 Å². The van der Waals surface area contributed by atoms with Crippen LogP contribution in [0.5, 0.6) is 0 Å². The predicted molar refractivity (Wildman–Crippen MR) is 100.0 cm³/mol. The van der Waals surface area contributed by atoms with E-state index in [1.165, 1.54) is 16.7 Å². The van der Waals surface area contributed by atoms with Gasteiger partial charge in [0.15, 0.2) is 4.34 Å². The van der Waals surface area contributed by atoms with E-state index in [4.69, 9.17) is 0 Å². The van der Waals surface area contributed by atoms with E-state index < -0.39 is 18.0 Å². The van der Waals surface area contributed by atoms with E-state index in [-0.39, 0.29) is 23.6 Å². The number of amides is 1. The third-order valence-corrected chi connectivity index (χ3v) is 7.37. The third kappa shape index (κ3) is 2.55. The summed E-state index contributed by atoms with van der Waals surface area (Å²) in [5.74, 6) is -1.54. The van der Waals surface area contributed by atoms with Crippen molar-refractivity contribution >= 4 is 45.2 Å². The number of thiazole rings is 1. The van der Waals surface area contributed by atoms with E-state index in [2.05, 4.69) is 4.98 Å². The van der Waals surface area contributed by atoms with E-state index in [9.17, 15) is 19.8 Å². The highest BCUT2D eigenvalue weighted by Gasteiger charge is 2.59. The molecule has 0 aliphatic carbocycles. The van der Waals surface area contributed by atoms with Crippen LogP contribution in [0.1, 0.15) is 13.8 Å². The highest BCUT2D eigenvalue weighted by atomic mass is 32.2. The maximum absolute atomic E-state index is 12.3. The SMILES string of the molecule is C[C@@H](O)[C@H]1C(=O)N2C(C(=O)O)=C(CSc3nc4ccccc4s3)[C@H](C)[C@H]12. The average molecular weight is 390 g/mol. The van der Waals surface area contributed by atoms with Crippen molar-refractivity contribution in [3.63, 3.8) is 0 Å². The Morgan fingerprint density at radius 1 is 1.42 bits per heavy atom. The molecule has 1 saturated heterocycles. The quantitative estimate of drug-likeness (QED) is 0.602. The minimum absolute atomic E-state index is 0.0815. The van der Waals surface area contributed by atoms with Crippen LogP contribution in [0.3, 0.4) is 0 Å². The van der Waals surface area contributed by atoms with Crippen molar-refractivity contribution in [1.82, 2.24) is 9.88 Å². The van der Waals surface area contributed by atoms with Crippen LogP contribution in [0.15, 0.2) is 39.9 Å². The number of fused-ring (bicyclic) bond motifs is 2. The van der Waals surface area contributed by atoms with E-state index in [1.807, 2.05) is 31.2 Å². The molecule has 2 N–H and O–H groups in total. The molecule has 0 radical (unpaired) electrons. The number of aliphatic hydroxyl groups is 1. The largest absolute Gasteiger partial charge is 0.477 e. The molecule has 2 aliphatic heterocycles. The lowest BCUT2D eigenvalue weighted by Crippen LogP contribution is -2.63. The summed E-state index contributed by atoms with van der Waals surface area (Å²) in [6.07, 6.45) is -0.780. The molecule has 0 saturated carbocycles. The molecule has 8 heteroatoms. The van der Waals surface area contributed by atoms with Gasteiger partial charge >= 0.3 is 5.97 Å². The molecule has 0 spiro atoms. The zero-order valence-electron chi connectivity index (χ0n) is 14.2. The Bertz CT molecular complexity index is 903. The van der Waals surface area contributed by atoms with Crippen LogP contribution >= 0.6 is 23.1 Å². The standard InChI is InChI=1S/C18H18N2O4S2/c1-8-10(7-25-18-19-11-5-3-4-6-12(11)26-18)15(17(23)24)20-14(8)13(9(2)21)16(20)22/h3-6,8-9,13-14,21H,7H2,1-2H3,(H,23,24)/t8-,9+,13+,14+/m0/s1. The van der Waals surface area contributed by atoms with E-state index in [1.54, 1.807) is 18.3 Å². The molecule has 4 rings (SSSR count). The number of carbonyl (C=O) groups excluding carboxylic acids is 1. The number of β-lactam (4-membered cyclic amide) rings is 1. The number of aliphatic carboxylic acids is 1. The molecule has 0 bridgehead atoms. The fraction of sp³-hybridized carbons (Fsp3) is 0.389. The maximum Gasteiger partial charge on any atom is 0.352 e. The summed E-state index contributed by atoms with van der Waals surface area (Å²) >= 11 is 3.07. The van der Waals surface area contributed by atoms with Crippen LogP contribution in [0.4, 0.5) is 0 Å². The maximum atomic E-state index is 12.3. The Morgan fingerprint density at radius 3 is 2.81 bits per heavy atom. The van der Waals surface area contributed by atoms with Crippen LogP contribution in [0.2, 0.25) is 0 Å². The van der Waals surface area contributed by atoms with Gasteiger partial charge in [0.1, 0.15) is 5.70 Å². The van der Waals surface area contributed by atoms with Crippen molar-refractivity contribution in [3.8, 4) is 0 Å². The molecule has 1 amide bonds. The highest BCUT2D eigenvalue weighted by Crippen LogP contribution is 2.48. The highest BCUT2D eigenvalue weighted by molar-refractivity contribution is 8.01. The van der Waals surface area contributed by atoms with Gasteiger partial charge in [0.05, 0.1) is 28.3 Å². The number of hydrogen-bond donors (Lipinski definition) is 2. The van der Waals surface area contributed by atoms with Gasteiger partial charge in [0.2, 0.25) is 5.91 Å². The minimum atomic E-state index is -1.09. The van der Waals surface area contributed by atoms with Crippen molar-refractivity contribution in [2.24, 2.45) is 11.8 Å². The fourth-order valence-electron chi connectivity index (χ4n) is 3.89. The lowest BCUT2D eigenvalue weighted by atomic mass is 9.78. The van der Waals surface area contributed by atoms with Gasteiger partial charge in [-0.15, -0.1) is 11.3 Å². The number of benzene rings is 1. The number of aromatic nitrogens is 1. The summed E-state index contributed by atoms with van der Waals surface area (Å²) in [4.78, 5) is 30.0. The number of rotatable bonds is 5. The van der Waals surface area contributed by atoms with Crippen LogP contribution in [-0.2, 0) is 9.59 Å². The van der Waals surface area contributed by atoms with Crippen LogP contribution in [-0.4, -0.2) is 49.9 Å². The first-order valence-corrected chi connectivity index (χ1v) is 10.2. The van der Waals surface area contributed by atoms with Gasteiger partial charge in [-0.3, -0.25) is 4.79 Å². The zero-order valence-corrected chi connectivity index (χ0v) is 15.9. The molecular formula is C18H18N2O4S2. The van der Waals surface area contributed by atoms with Gasteiger partial charge in [0.25, 0.3) is 0 Å². The Kier molecular flexibility index (Phi) is 4.29. The second-order valence-electron chi connectivity index (χ2n) is 6.67. The van der Waals surface area contributed by atoms with Crippen molar-refractivity contribution in [2.75, 3.05) is 5.75 Å². The summed E-state index contributed by atoms with van der Waals surface area (Å²) in [7, 11) is 0. The van der Waals surface area contributed by atoms with Crippen molar-refractivity contribution in [2.45, 2.75) is 30.3 Å². The van der Waals surface area contributed by atoms with E-state index in [0.717, 1.165) is 20.1 Å². The molecular weight excluding hydrogens is 372 g/mol. The smallest absolute Gasteiger partial charge is 0.352 e.